The maximum atomic E-state index is 12.9. The largest absolute Gasteiger partial charge is 0.444 e. The van der Waals surface area contributed by atoms with E-state index in [0.29, 0.717) is 13.1 Å². The molecular weight excluding hydrogens is 364 g/mol. The molecule has 1 heterocycles. The molecule has 0 N–H and O–H groups in total. The summed E-state index contributed by atoms with van der Waals surface area (Å²) in [5.41, 5.74) is -0.0667. The minimum atomic E-state index is -3.73. The van der Waals surface area contributed by atoms with Crippen molar-refractivity contribution in [3.8, 4) is 6.07 Å². The molecular formula is C17H21ClN2O4S. The number of sulfonamides is 1. The first-order valence-electron chi connectivity index (χ1n) is 8.05. The molecule has 25 heavy (non-hydrogen) atoms. The van der Waals surface area contributed by atoms with Gasteiger partial charge in [-0.2, -0.15) is 9.57 Å². The molecule has 0 saturated carbocycles. The van der Waals surface area contributed by atoms with Gasteiger partial charge in [0.2, 0.25) is 10.0 Å². The number of hydrogen-bond acceptors (Lipinski definition) is 5. The van der Waals surface area contributed by atoms with Crippen LogP contribution in [-0.2, 0) is 14.8 Å². The topological polar surface area (TPSA) is 87.5 Å². The summed E-state index contributed by atoms with van der Waals surface area (Å²) >= 11 is 6.01. The number of benzene rings is 1. The van der Waals surface area contributed by atoms with Crippen molar-refractivity contribution in [3.05, 3.63) is 28.8 Å². The third-order valence-corrected chi connectivity index (χ3v) is 6.25. The molecule has 0 aliphatic carbocycles. The van der Waals surface area contributed by atoms with Crippen LogP contribution < -0.4 is 0 Å². The zero-order chi connectivity index (χ0) is 18.8. The van der Waals surface area contributed by atoms with E-state index in [2.05, 4.69) is 0 Å². The van der Waals surface area contributed by atoms with Gasteiger partial charge in [-0.05, 0) is 43.4 Å². The molecule has 0 aromatic heterocycles. The number of nitrogens with zero attached hydrogens (tertiary/aromatic N) is 2. The van der Waals surface area contributed by atoms with E-state index in [0.717, 1.165) is 6.42 Å². The number of rotatable bonds is 4. The number of esters is 1. The first-order chi connectivity index (χ1) is 11.6. The number of nitriles is 1. The van der Waals surface area contributed by atoms with Crippen LogP contribution in [0.2, 0.25) is 5.02 Å². The van der Waals surface area contributed by atoms with Crippen LogP contribution in [-0.4, -0.2) is 37.9 Å². The number of halogens is 1. The number of hydrogen-bond donors (Lipinski definition) is 0. The summed E-state index contributed by atoms with van der Waals surface area (Å²) < 4.78 is 32.2. The summed E-state index contributed by atoms with van der Waals surface area (Å²) in [6.45, 7) is 6.35. The minimum absolute atomic E-state index is 0.00485. The van der Waals surface area contributed by atoms with E-state index in [-0.39, 0.29) is 27.3 Å². The van der Waals surface area contributed by atoms with Crippen molar-refractivity contribution in [2.75, 3.05) is 13.1 Å². The fourth-order valence-electron chi connectivity index (χ4n) is 3.02. The Morgan fingerprint density at radius 1 is 1.36 bits per heavy atom. The molecule has 0 bridgehead atoms. The smallest absolute Gasteiger partial charge is 0.340 e. The van der Waals surface area contributed by atoms with E-state index in [1.165, 1.54) is 29.4 Å². The summed E-state index contributed by atoms with van der Waals surface area (Å²) in [5, 5.41) is 8.82. The third-order valence-electron chi connectivity index (χ3n) is 4.10. The summed E-state index contributed by atoms with van der Waals surface area (Å²) in [6.07, 6.45) is 0.0311. The average molecular weight is 385 g/mol. The lowest BCUT2D eigenvalue weighted by atomic mass is 9.94. The summed E-state index contributed by atoms with van der Waals surface area (Å²) in [4.78, 5) is 12.1. The lowest BCUT2D eigenvalue weighted by Crippen LogP contribution is -2.42. The minimum Gasteiger partial charge on any atom is -0.444 e. The molecule has 8 heteroatoms. The Morgan fingerprint density at radius 3 is 2.52 bits per heavy atom. The van der Waals surface area contributed by atoms with Crippen molar-refractivity contribution in [2.45, 2.75) is 38.2 Å². The van der Waals surface area contributed by atoms with Gasteiger partial charge in [-0.15, -0.1) is 0 Å². The van der Waals surface area contributed by atoms with Crippen LogP contribution >= 0.6 is 11.6 Å². The average Bonchev–Trinajstić information content (AvgIpc) is 2.53. The monoisotopic (exact) mass is 384 g/mol. The van der Waals surface area contributed by atoms with Crippen LogP contribution in [0.4, 0.5) is 0 Å². The van der Waals surface area contributed by atoms with E-state index in [4.69, 9.17) is 21.6 Å². The van der Waals surface area contributed by atoms with Gasteiger partial charge in [0.15, 0.2) is 6.10 Å². The normalized spacial score (nSPS) is 22.8. The number of piperidine rings is 1. The van der Waals surface area contributed by atoms with E-state index >= 15 is 0 Å². The number of ether oxygens (including phenoxy) is 1. The lowest BCUT2D eigenvalue weighted by Gasteiger charge is -2.34. The van der Waals surface area contributed by atoms with Gasteiger partial charge in [-0.1, -0.05) is 25.4 Å². The van der Waals surface area contributed by atoms with E-state index < -0.39 is 22.1 Å². The summed E-state index contributed by atoms with van der Waals surface area (Å²) in [7, 11) is -3.73. The molecule has 2 rings (SSSR count). The Bertz CT molecular complexity index is 793. The molecule has 1 aromatic carbocycles. The van der Waals surface area contributed by atoms with Crippen molar-refractivity contribution in [1.29, 1.82) is 5.26 Å². The predicted molar refractivity (Wildman–Crippen MR) is 93.6 cm³/mol. The van der Waals surface area contributed by atoms with Crippen molar-refractivity contribution in [2.24, 2.45) is 11.8 Å². The van der Waals surface area contributed by atoms with E-state index in [9.17, 15) is 13.2 Å². The van der Waals surface area contributed by atoms with Gasteiger partial charge >= 0.3 is 5.97 Å². The van der Waals surface area contributed by atoms with Gasteiger partial charge in [0.25, 0.3) is 0 Å². The van der Waals surface area contributed by atoms with Crippen LogP contribution in [0.3, 0.4) is 0 Å². The Morgan fingerprint density at radius 2 is 1.96 bits per heavy atom. The van der Waals surface area contributed by atoms with Crippen LogP contribution in [0, 0.1) is 23.2 Å². The molecule has 3 atom stereocenters. The van der Waals surface area contributed by atoms with Gasteiger partial charge in [0, 0.05) is 13.1 Å². The van der Waals surface area contributed by atoms with Crippen molar-refractivity contribution < 1.29 is 17.9 Å². The highest BCUT2D eigenvalue weighted by atomic mass is 35.5. The molecule has 1 saturated heterocycles. The molecule has 1 aliphatic rings. The Balaban J connectivity index is 2.35. The molecule has 0 amide bonds. The lowest BCUT2D eigenvalue weighted by molar-refractivity contribution is 0.0435. The maximum absolute atomic E-state index is 12.9. The summed E-state index contributed by atoms with van der Waals surface area (Å²) in [5.74, 6) is -0.282. The van der Waals surface area contributed by atoms with E-state index in [1.807, 2.05) is 13.8 Å². The van der Waals surface area contributed by atoms with Crippen LogP contribution in [0.15, 0.2) is 23.1 Å². The van der Waals surface area contributed by atoms with Crippen LogP contribution in [0.25, 0.3) is 0 Å². The summed E-state index contributed by atoms with van der Waals surface area (Å²) in [6, 6.07) is 5.74. The first-order valence-corrected chi connectivity index (χ1v) is 9.87. The fourth-order valence-corrected chi connectivity index (χ4v) is 4.92. The molecule has 0 radical (unpaired) electrons. The van der Waals surface area contributed by atoms with Crippen molar-refractivity contribution in [1.82, 2.24) is 4.31 Å². The Kier molecular flexibility index (Phi) is 6.09. The Hall–Kier alpha value is -1.62. The number of carbonyl (C=O) groups excluding carboxylic acids is 1. The van der Waals surface area contributed by atoms with Gasteiger partial charge < -0.3 is 4.74 Å². The molecule has 1 fully saturated rings. The fraction of sp³-hybridized carbons (Fsp3) is 0.529. The third kappa shape index (κ3) is 4.51. The quantitative estimate of drug-likeness (QED) is 0.744. The maximum Gasteiger partial charge on any atom is 0.340 e. The number of carbonyl (C=O) groups is 1. The molecule has 136 valence electrons. The van der Waals surface area contributed by atoms with Gasteiger partial charge in [0.05, 0.1) is 15.5 Å². The van der Waals surface area contributed by atoms with Crippen LogP contribution in [0.5, 0.6) is 0 Å². The van der Waals surface area contributed by atoms with E-state index in [1.54, 1.807) is 6.07 Å². The van der Waals surface area contributed by atoms with Crippen molar-refractivity contribution >= 4 is 27.6 Å². The standard InChI is InChI=1S/C17H21ClN2O4S/c1-11-6-12(2)10-20(9-11)25(22,23)14-4-5-16(18)15(7-14)17(21)24-13(3)8-19/h4-5,7,11-13H,6,9-10H2,1-3H3/t11-,12-,13-/m0/s1. The second kappa shape index (κ2) is 7.73. The molecule has 1 aliphatic heterocycles. The predicted octanol–water partition coefficient (Wildman–Crippen LogP) is 3.08. The second-order valence-electron chi connectivity index (χ2n) is 6.59. The highest BCUT2D eigenvalue weighted by Crippen LogP contribution is 2.29. The van der Waals surface area contributed by atoms with Gasteiger partial charge in [0.1, 0.15) is 6.07 Å². The molecule has 0 unspecified atom stereocenters. The zero-order valence-electron chi connectivity index (χ0n) is 14.4. The SMILES string of the molecule is C[C@H]1C[C@H](C)CN(S(=O)(=O)c2ccc(Cl)c(C(=O)O[C@@H](C)C#N)c2)C1. The second-order valence-corrected chi connectivity index (χ2v) is 8.93. The van der Waals surface area contributed by atoms with Gasteiger partial charge in [-0.25, -0.2) is 13.2 Å². The molecule has 6 nitrogen and oxygen atoms in total. The molecule has 1 aromatic rings. The Labute approximate surface area is 153 Å². The zero-order valence-corrected chi connectivity index (χ0v) is 16.0. The van der Waals surface area contributed by atoms with Gasteiger partial charge in [-0.3, -0.25) is 0 Å². The van der Waals surface area contributed by atoms with Crippen LogP contribution in [0.1, 0.15) is 37.6 Å². The van der Waals surface area contributed by atoms with Crippen molar-refractivity contribution in [3.63, 3.8) is 0 Å². The highest BCUT2D eigenvalue weighted by molar-refractivity contribution is 7.89. The first kappa shape index (κ1) is 19.7. The highest BCUT2D eigenvalue weighted by Gasteiger charge is 2.32. The molecule has 0 spiro atoms.